The topological polar surface area (TPSA) is 42.0 Å². The number of carbonyl (C=O) groups excluding carboxylic acids is 1. The zero-order chi connectivity index (χ0) is 15.8. The molecule has 0 spiro atoms. The fraction of sp³-hybridized carbons (Fsp3) is 0.778. The van der Waals surface area contributed by atoms with Crippen molar-refractivity contribution in [1.82, 2.24) is 10.3 Å². The molecule has 3 nitrogen and oxygen atoms in total. The minimum atomic E-state index is 0.264. The Labute approximate surface area is 138 Å². The summed E-state index contributed by atoms with van der Waals surface area (Å²) in [7, 11) is 0. The van der Waals surface area contributed by atoms with Gasteiger partial charge in [-0.25, -0.2) is 4.98 Å². The third-order valence-electron chi connectivity index (χ3n) is 4.72. The molecule has 0 radical (unpaired) electrons. The number of hydrogen-bond acceptors (Lipinski definition) is 3. The van der Waals surface area contributed by atoms with Crippen molar-refractivity contribution in [3.63, 3.8) is 0 Å². The van der Waals surface area contributed by atoms with Crippen LogP contribution in [-0.2, 0) is 11.2 Å². The zero-order valence-corrected chi connectivity index (χ0v) is 14.9. The Hall–Kier alpha value is -0.900. The molecule has 0 bridgehead atoms. The molecule has 1 aromatic heterocycles. The average Bonchev–Trinajstić information content (AvgIpc) is 2.95. The number of rotatable bonds is 8. The molecule has 1 amide bonds. The summed E-state index contributed by atoms with van der Waals surface area (Å²) in [6, 6.07) is 0. The van der Waals surface area contributed by atoms with Crippen molar-refractivity contribution in [3.05, 3.63) is 16.1 Å². The van der Waals surface area contributed by atoms with Crippen molar-refractivity contribution in [2.75, 3.05) is 6.54 Å². The molecule has 124 valence electrons. The van der Waals surface area contributed by atoms with E-state index in [2.05, 4.69) is 22.6 Å². The Morgan fingerprint density at radius 1 is 1.32 bits per heavy atom. The van der Waals surface area contributed by atoms with Gasteiger partial charge in [0.25, 0.3) is 0 Å². The molecule has 1 aliphatic rings. The van der Waals surface area contributed by atoms with E-state index < -0.39 is 0 Å². The van der Waals surface area contributed by atoms with Crippen LogP contribution in [0.3, 0.4) is 0 Å². The van der Waals surface area contributed by atoms with Crippen LogP contribution >= 0.6 is 11.3 Å². The van der Waals surface area contributed by atoms with Crippen molar-refractivity contribution in [2.45, 2.75) is 71.6 Å². The minimum Gasteiger partial charge on any atom is -0.356 e. The third-order valence-corrected chi connectivity index (χ3v) is 5.74. The van der Waals surface area contributed by atoms with E-state index in [1.165, 1.54) is 37.1 Å². The molecule has 1 aliphatic carbocycles. The Morgan fingerprint density at radius 2 is 2.09 bits per heavy atom. The Balaban J connectivity index is 1.58. The van der Waals surface area contributed by atoms with Crippen LogP contribution in [0.2, 0.25) is 0 Å². The van der Waals surface area contributed by atoms with Gasteiger partial charge in [-0.05, 0) is 44.9 Å². The zero-order valence-electron chi connectivity index (χ0n) is 14.1. The first-order chi connectivity index (χ1) is 10.7. The highest BCUT2D eigenvalue weighted by Gasteiger charge is 2.25. The molecule has 1 saturated carbocycles. The summed E-state index contributed by atoms with van der Waals surface area (Å²) in [5.41, 5.74) is 1.10. The van der Waals surface area contributed by atoms with Crippen LogP contribution in [0.15, 0.2) is 5.38 Å². The maximum absolute atomic E-state index is 12.2. The molecule has 1 heterocycles. The van der Waals surface area contributed by atoms with Gasteiger partial charge < -0.3 is 5.32 Å². The van der Waals surface area contributed by atoms with E-state index in [-0.39, 0.29) is 11.8 Å². The van der Waals surface area contributed by atoms with Crippen molar-refractivity contribution in [3.8, 4) is 0 Å². The summed E-state index contributed by atoms with van der Waals surface area (Å²) in [4.78, 5) is 16.7. The van der Waals surface area contributed by atoms with Gasteiger partial charge in [-0.2, -0.15) is 0 Å². The van der Waals surface area contributed by atoms with Gasteiger partial charge in [0, 0.05) is 30.0 Å². The molecule has 0 atom stereocenters. The first kappa shape index (κ1) is 17.5. The molecular formula is C18H30N2OS. The van der Waals surface area contributed by atoms with Crippen LogP contribution in [0.25, 0.3) is 0 Å². The molecule has 0 aliphatic heterocycles. The number of carbonyl (C=O) groups is 1. The first-order valence-electron chi connectivity index (χ1n) is 8.87. The number of aromatic nitrogens is 1. The standard InChI is InChI=1S/C18H30N2OS/c1-3-4-6-15-8-10-16(11-9-15)18(21)19-12-5-7-17-20-14(2)13-22-17/h13,15-16H,3-12H2,1-2H3,(H,19,21). The van der Waals surface area contributed by atoms with Crippen molar-refractivity contribution in [1.29, 1.82) is 0 Å². The summed E-state index contributed by atoms with van der Waals surface area (Å²) in [5.74, 6) is 1.42. The lowest BCUT2D eigenvalue weighted by atomic mass is 9.79. The van der Waals surface area contributed by atoms with Gasteiger partial charge in [-0.3, -0.25) is 4.79 Å². The number of hydrogen-bond donors (Lipinski definition) is 1. The number of unbranched alkanes of at least 4 members (excludes halogenated alkanes) is 1. The van der Waals surface area contributed by atoms with Crippen LogP contribution in [0.4, 0.5) is 0 Å². The highest BCUT2D eigenvalue weighted by Crippen LogP contribution is 2.31. The lowest BCUT2D eigenvalue weighted by molar-refractivity contribution is -0.126. The smallest absolute Gasteiger partial charge is 0.223 e. The fourth-order valence-electron chi connectivity index (χ4n) is 3.32. The van der Waals surface area contributed by atoms with Crippen LogP contribution in [0, 0.1) is 18.8 Å². The van der Waals surface area contributed by atoms with E-state index in [1.54, 1.807) is 11.3 Å². The van der Waals surface area contributed by atoms with Crippen LogP contribution in [0.5, 0.6) is 0 Å². The second-order valence-corrected chi connectivity index (χ2v) is 7.58. The number of nitrogens with one attached hydrogen (secondary N) is 1. The van der Waals surface area contributed by atoms with E-state index in [1.807, 2.05) is 6.92 Å². The Kier molecular flexibility index (Phi) is 7.37. The molecule has 2 rings (SSSR count). The van der Waals surface area contributed by atoms with Gasteiger partial charge in [-0.15, -0.1) is 11.3 Å². The van der Waals surface area contributed by atoms with Gasteiger partial charge in [-0.1, -0.05) is 26.2 Å². The molecular weight excluding hydrogens is 292 g/mol. The lowest BCUT2D eigenvalue weighted by Gasteiger charge is -2.27. The number of nitrogens with zero attached hydrogens (tertiary/aromatic N) is 1. The number of amides is 1. The van der Waals surface area contributed by atoms with Crippen LogP contribution in [0.1, 0.15) is 69.0 Å². The number of thiazole rings is 1. The Morgan fingerprint density at radius 3 is 2.73 bits per heavy atom. The molecule has 0 saturated heterocycles. The van der Waals surface area contributed by atoms with Gasteiger partial charge in [0.1, 0.15) is 0 Å². The second kappa shape index (κ2) is 9.29. The first-order valence-corrected chi connectivity index (χ1v) is 9.75. The average molecular weight is 323 g/mol. The SMILES string of the molecule is CCCCC1CCC(C(=O)NCCCc2nc(C)cs2)CC1. The summed E-state index contributed by atoms with van der Waals surface area (Å²) in [5, 5.41) is 6.40. The summed E-state index contributed by atoms with van der Waals surface area (Å²) in [6.07, 6.45) is 10.6. The van der Waals surface area contributed by atoms with E-state index >= 15 is 0 Å². The molecule has 0 aromatic carbocycles. The second-order valence-electron chi connectivity index (χ2n) is 6.64. The normalized spacial score (nSPS) is 21.7. The van der Waals surface area contributed by atoms with Gasteiger partial charge in [0.2, 0.25) is 5.91 Å². The summed E-state index contributed by atoms with van der Waals surface area (Å²) < 4.78 is 0. The van der Waals surface area contributed by atoms with E-state index in [0.717, 1.165) is 43.8 Å². The van der Waals surface area contributed by atoms with Crippen molar-refractivity contribution < 1.29 is 4.79 Å². The highest BCUT2D eigenvalue weighted by molar-refractivity contribution is 7.09. The van der Waals surface area contributed by atoms with E-state index in [0.29, 0.717) is 0 Å². The quantitative estimate of drug-likeness (QED) is 0.716. The maximum Gasteiger partial charge on any atom is 0.223 e. The van der Waals surface area contributed by atoms with Gasteiger partial charge >= 0.3 is 0 Å². The number of aryl methyl sites for hydroxylation is 2. The lowest BCUT2D eigenvalue weighted by Crippen LogP contribution is -2.33. The van der Waals surface area contributed by atoms with Crippen molar-refractivity contribution >= 4 is 17.2 Å². The van der Waals surface area contributed by atoms with Gasteiger partial charge in [0.15, 0.2) is 0 Å². The summed E-state index contributed by atoms with van der Waals surface area (Å²) in [6.45, 7) is 5.07. The van der Waals surface area contributed by atoms with E-state index in [4.69, 9.17) is 0 Å². The fourth-order valence-corrected chi connectivity index (χ4v) is 4.14. The molecule has 22 heavy (non-hydrogen) atoms. The van der Waals surface area contributed by atoms with Crippen LogP contribution < -0.4 is 5.32 Å². The third kappa shape index (κ3) is 5.71. The molecule has 1 N–H and O–H groups in total. The molecule has 1 aromatic rings. The largest absolute Gasteiger partial charge is 0.356 e. The molecule has 4 heteroatoms. The van der Waals surface area contributed by atoms with Gasteiger partial charge in [0.05, 0.1) is 5.01 Å². The van der Waals surface area contributed by atoms with Crippen LogP contribution in [-0.4, -0.2) is 17.4 Å². The predicted octanol–water partition coefficient (Wildman–Crippen LogP) is 4.50. The van der Waals surface area contributed by atoms with Crippen molar-refractivity contribution in [2.24, 2.45) is 11.8 Å². The Bertz CT molecular complexity index is 450. The monoisotopic (exact) mass is 322 g/mol. The minimum absolute atomic E-state index is 0.264. The summed E-state index contributed by atoms with van der Waals surface area (Å²) >= 11 is 1.72. The highest BCUT2D eigenvalue weighted by atomic mass is 32.1. The predicted molar refractivity (Wildman–Crippen MR) is 93.2 cm³/mol. The van der Waals surface area contributed by atoms with E-state index in [9.17, 15) is 4.79 Å². The molecule has 1 fully saturated rings. The maximum atomic E-state index is 12.2. The molecule has 0 unspecified atom stereocenters.